The number of carbonyl (C=O) groups is 1. The number of anilines is 1. The van der Waals surface area contributed by atoms with E-state index in [9.17, 15) is 13.2 Å². The van der Waals surface area contributed by atoms with Crippen LogP contribution in [0.1, 0.15) is 35.2 Å². The van der Waals surface area contributed by atoms with Crippen molar-refractivity contribution in [1.82, 2.24) is 9.29 Å². The Hall–Kier alpha value is -2.48. The Labute approximate surface area is 180 Å². The largest absolute Gasteiger partial charge is 0.321 e. The second-order valence-electron chi connectivity index (χ2n) is 7.37. The number of sulfonamides is 1. The SMILES string of the molecule is Cc1c(Cl)ccc2c(NC(=O)c3ccc(S(=O)(=O)N4CCCCC4)cc3)ccnc12. The number of nitrogens with one attached hydrogen (secondary N) is 1. The topological polar surface area (TPSA) is 79.4 Å². The van der Waals surface area contributed by atoms with Crippen molar-refractivity contribution in [1.29, 1.82) is 0 Å². The summed E-state index contributed by atoms with van der Waals surface area (Å²) in [6.45, 7) is 2.97. The number of nitrogens with zero attached hydrogens (tertiary/aromatic N) is 2. The van der Waals surface area contributed by atoms with Crippen molar-refractivity contribution in [3.8, 4) is 0 Å². The Morgan fingerprint density at radius 1 is 1.03 bits per heavy atom. The molecule has 0 unspecified atom stereocenters. The third-order valence-corrected chi connectivity index (χ3v) is 7.74. The number of aromatic nitrogens is 1. The van der Waals surface area contributed by atoms with Gasteiger partial charge in [0.05, 0.1) is 16.1 Å². The summed E-state index contributed by atoms with van der Waals surface area (Å²) in [6, 6.07) is 11.4. The molecule has 0 atom stereocenters. The number of hydrogen-bond donors (Lipinski definition) is 1. The number of benzene rings is 2. The summed E-state index contributed by atoms with van der Waals surface area (Å²) >= 11 is 6.17. The normalized spacial score (nSPS) is 15.3. The van der Waals surface area contributed by atoms with Crippen LogP contribution in [0, 0.1) is 6.92 Å². The van der Waals surface area contributed by atoms with Gasteiger partial charge >= 0.3 is 0 Å². The van der Waals surface area contributed by atoms with Gasteiger partial charge in [-0.25, -0.2) is 8.42 Å². The third kappa shape index (κ3) is 3.93. The van der Waals surface area contributed by atoms with Crippen molar-refractivity contribution in [2.45, 2.75) is 31.1 Å². The van der Waals surface area contributed by atoms with Crippen LogP contribution >= 0.6 is 11.6 Å². The minimum atomic E-state index is -3.52. The highest BCUT2D eigenvalue weighted by atomic mass is 35.5. The first-order valence-corrected chi connectivity index (χ1v) is 11.6. The van der Waals surface area contributed by atoms with E-state index >= 15 is 0 Å². The second kappa shape index (κ2) is 8.34. The lowest BCUT2D eigenvalue weighted by molar-refractivity contribution is 0.102. The van der Waals surface area contributed by atoms with Crippen LogP contribution in [0.25, 0.3) is 10.9 Å². The number of pyridine rings is 1. The van der Waals surface area contributed by atoms with E-state index < -0.39 is 10.0 Å². The van der Waals surface area contributed by atoms with Crippen LogP contribution < -0.4 is 5.32 Å². The van der Waals surface area contributed by atoms with Gasteiger partial charge in [0.15, 0.2) is 0 Å². The molecular formula is C22H22ClN3O3S. The predicted octanol–water partition coefficient (Wildman–Crippen LogP) is 4.62. The lowest BCUT2D eigenvalue weighted by Crippen LogP contribution is -2.35. The molecule has 4 rings (SSSR count). The molecule has 2 heterocycles. The zero-order chi connectivity index (χ0) is 21.3. The fourth-order valence-corrected chi connectivity index (χ4v) is 5.34. The van der Waals surface area contributed by atoms with Gasteiger partial charge in [0.1, 0.15) is 0 Å². The van der Waals surface area contributed by atoms with Gasteiger partial charge in [-0.3, -0.25) is 9.78 Å². The lowest BCUT2D eigenvalue weighted by Gasteiger charge is -2.25. The maximum absolute atomic E-state index is 12.8. The van der Waals surface area contributed by atoms with E-state index in [-0.39, 0.29) is 10.8 Å². The molecule has 1 aliphatic rings. The van der Waals surface area contributed by atoms with Crippen molar-refractivity contribution in [3.05, 3.63) is 64.8 Å². The van der Waals surface area contributed by atoms with E-state index in [1.54, 1.807) is 18.3 Å². The molecule has 1 aliphatic heterocycles. The van der Waals surface area contributed by atoms with E-state index in [1.165, 1.54) is 28.6 Å². The Bertz CT molecular complexity index is 1200. The number of piperidine rings is 1. The average molecular weight is 444 g/mol. The summed E-state index contributed by atoms with van der Waals surface area (Å²) in [6.07, 6.45) is 4.44. The summed E-state index contributed by atoms with van der Waals surface area (Å²) in [4.78, 5) is 17.3. The molecule has 3 aromatic rings. The molecule has 156 valence electrons. The molecule has 0 aliphatic carbocycles. The second-order valence-corrected chi connectivity index (χ2v) is 9.72. The first-order valence-electron chi connectivity index (χ1n) is 9.83. The van der Waals surface area contributed by atoms with Crippen LogP contribution in [0.2, 0.25) is 5.02 Å². The summed E-state index contributed by atoms with van der Waals surface area (Å²) < 4.78 is 27.1. The van der Waals surface area contributed by atoms with Gasteiger partial charge in [0.2, 0.25) is 10.0 Å². The molecule has 6 nitrogen and oxygen atoms in total. The van der Waals surface area contributed by atoms with E-state index in [2.05, 4.69) is 10.3 Å². The van der Waals surface area contributed by atoms with Gasteiger partial charge in [0, 0.05) is 35.3 Å². The molecule has 2 aromatic carbocycles. The van der Waals surface area contributed by atoms with Gasteiger partial charge in [-0.05, 0) is 67.8 Å². The summed E-state index contributed by atoms with van der Waals surface area (Å²) in [5.74, 6) is -0.322. The van der Waals surface area contributed by atoms with Crippen LogP contribution in [0.3, 0.4) is 0 Å². The average Bonchev–Trinajstić information content (AvgIpc) is 2.77. The van der Waals surface area contributed by atoms with Crippen molar-refractivity contribution in [3.63, 3.8) is 0 Å². The van der Waals surface area contributed by atoms with Crippen molar-refractivity contribution in [2.75, 3.05) is 18.4 Å². The highest BCUT2D eigenvalue weighted by Gasteiger charge is 2.26. The zero-order valence-electron chi connectivity index (χ0n) is 16.6. The minimum absolute atomic E-state index is 0.209. The summed E-state index contributed by atoms with van der Waals surface area (Å²) in [7, 11) is -3.52. The van der Waals surface area contributed by atoms with Crippen LogP contribution in [-0.2, 0) is 10.0 Å². The number of aryl methyl sites for hydroxylation is 1. The van der Waals surface area contributed by atoms with Crippen molar-refractivity contribution >= 4 is 44.1 Å². The molecule has 0 bridgehead atoms. The molecular weight excluding hydrogens is 422 g/mol. The fraction of sp³-hybridized carbons (Fsp3) is 0.273. The quantitative estimate of drug-likeness (QED) is 0.637. The molecule has 0 saturated carbocycles. The highest BCUT2D eigenvalue weighted by Crippen LogP contribution is 2.29. The Balaban J connectivity index is 1.56. The molecule has 1 fully saturated rings. The fourth-order valence-electron chi connectivity index (χ4n) is 3.67. The van der Waals surface area contributed by atoms with E-state index in [4.69, 9.17) is 11.6 Å². The van der Waals surface area contributed by atoms with Crippen molar-refractivity contribution in [2.24, 2.45) is 0 Å². The first kappa shape index (κ1) is 20.8. The van der Waals surface area contributed by atoms with Crippen LogP contribution in [0.4, 0.5) is 5.69 Å². The highest BCUT2D eigenvalue weighted by molar-refractivity contribution is 7.89. The van der Waals surface area contributed by atoms with E-state index in [0.717, 1.165) is 35.7 Å². The molecule has 0 radical (unpaired) electrons. The number of fused-ring (bicyclic) bond motifs is 1. The predicted molar refractivity (Wildman–Crippen MR) is 118 cm³/mol. The molecule has 1 amide bonds. The minimum Gasteiger partial charge on any atom is -0.321 e. The Morgan fingerprint density at radius 3 is 2.43 bits per heavy atom. The summed E-state index contributed by atoms with van der Waals surface area (Å²) in [5.41, 5.74) is 2.57. The maximum Gasteiger partial charge on any atom is 0.255 e. The molecule has 1 N–H and O–H groups in total. The van der Waals surface area contributed by atoms with Crippen LogP contribution in [0.5, 0.6) is 0 Å². The molecule has 1 saturated heterocycles. The standard InChI is InChI=1S/C22H22ClN3O3S/c1-15-19(23)10-9-18-20(11-12-24-21(15)18)25-22(27)16-5-7-17(8-6-16)30(28,29)26-13-3-2-4-14-26/h5-12H,2-4,13-14H2,1H3,(H,24,25,27). The Morgan fingerprint density at radius 2 is 1.73 bits per heavy atom. The van der Waals surface area contributed by atoms with Gasteiger partial charge in [-0.1, -0.05) is 18.0 Å². The molecule has 30 heavy (non-hydrogen) atoms. The number of hydrogen-bond acceptors (Lipinski definition) is 4. The van der Waals surface area contributed by atoms with Gasteiger partial charge in [0.25, 0.3) is 5.91 Å². The number of halogens is 1. The molecule has 1 aromatic heterocycles. The number of amides is 1. The van der Waals surface area contributed by atoms with Gasteiger partial charge in [-0.2, -0.15) is 4.31 Å². The monoisotopic (exact) mass is 443 g/mol. The molecule has 8 heteroatoms. The van der Waals surface area contributed by atoms with E-state index in [1.807, 2.05) is 13.0 Å². The van der Waals surface area contributed by atoms with Gasteiger partial charge in [-0.15, -0.1) is 0 Å². The van der Waals surface area contributed by atoms with Crippen LogP contribution in [-0.4, -0.2) is 36.7 Å². The van der Waals surface area contributed by atoms with Crippen LogP contribution in [0.15, 0.2) is 53.6 Å². The third-order valence-electron chi connectivity index (χ3n) is 5.42. The first-order chi connectivity index (χ1) is 14.4. The summed E-state index contributed by atoms with van der Waals surface area (Å²) in [5, 5.41) is 4.29. The maximum atomic E-state index is 12.8. The lowest BCUT2D eigenvalue weighted by atomic mass is 10.1. The number of rotatable bonds is 4. The van der Waals surface area contributed by atoms with Gasteiger partial charge < -0.3 is 5.32 Å². The smallest absolute Gasteiger partial charge is 0.255 e. The Kier molecular flexibility index (Phi) is 5.77. The molecule has 0 spiro atoms. The number of carbonyl (C=O) groups excluding carboxylic acids is 1. The van der Waals surface area contributed by atoms with E-state index in [0.29, 0.717) is 29.4 Å². The zero-order valence-corrected chi connectivity index (χ0v) is 18.1. The van der Waals surface area contributed by atoms with Crippen molar-refractivity contribution < 1.29 is 13.2 Å².